The van der Waals surface area contributed by atoms with Gasteiger partial charge in [0.15, 0.2) is 26.2 Å². The summed E-state index contributed by atoms with van der Waals surface area (Å²) in [5.41, 5.74) is 2.17. The predicted octanol–water partition coefficient (Wildman–Crippen LogP) is 4.31. The van der Waals surface area contributed by atoms with Crippen molar-refractivity contribution >= 4 is 55.9 Å². The van der Waals surface area contributed by atoms with Crippen LogP contribution < -0.4 is 0 Å². The SMILES string of the molecule is CC(C)COC(=O)CCCCCS(=O)(=O)c1ncnc2nc[nH]c12.CC(C)COC(=O)CCCSc1ncnc2nc[nH]c12. The van der Waals surface area contributed by atoms with Crippen molar-refractivity contribution in [3.8, 4) is 0 Å². The minimum absolute atomic E-state index is 0.0265. The van der Waals surface area contributed by atoms with Gasteiger partial charge in [0.05, 0.1) is 31.6 Å². The van der Waals surface area contributed by atoms with Crippen molar-refractivity contribution in [2.75, 3.05) is 24.7 Å². The van der Waals surface area contributed by atoms with E-state index in [1.54, 1.807) is 18.1 Å². The number of unbranched alkanes of at least 4 members (excludes halogenated alkanes) is 2. The number of rotatable bonds is 16. The highest BCUT2D eigenvalue weighted by molar-refractivity contribution is 7.99. The lowest BCUT2D eigenvalue weighted by Crippen LogP contribution is -2.11. The molecule has 0 aromatic carbocycles. The number of nitrogens with zero attached hydrogens (tertiary/aromatic N) is 6. The van der Waals surface area contributed by atoms with Crippen molar-refractivity contribution in [3.05, 3.63) is 25.3 Å². The van der Waals surface area contributed by atoms with Gasteiger partial charge in [-0.05, 0) is 31.1 Å². The van der Waals surface area contributed by atoms with Crippen LogP contribution in [0.1, 0.15) is 66.2 Å². The fourth-order valence-electron chi connectivity index (χ4n) is 3.71. The second kappa shape index (κ2) is 17.6. The number of carbonyl (C=O) groups is 2. The molecule has 0 aliphatic heterocycles. The number of ether oxygens (including phenoxy) is 2. The maximum atomic E-state index is 12.4. The molecule has 4 aromatic heterocycles. The van der Waals surface area contributed by atoms with Crippen LogP contribution in [0, 0.1) is 11.8 Å². The molecule has 0 radical (unpaired) electrons. The van der Waals surface area contributed by atoms with Gasteiger partial charge in [0.2, 0.25) is 0 Å². The van der Waals surface area contributed by atoms with Crippen LogP contribution in [0.3, 0.4) is 0 Å². The first-order valence-electron chi connectivity index (χ1n) is 14.5. The zero-order chi connectivity index (χ0) is 32.0. The highest BCUT2D eigenvalue weighted by Crippen LogP contribution is 2.23. The van der Waals surface area contributed by atoms with Crippen LogP contribution in [-0.2, 0) is 28.9 Å². The second-order valence-corrected chi connectivity index (χ2v) is 13.9. The maximum absolute atomic E-state index is 12.4. The van der Waals surface area contributed by atoms with E-state index < -0.39 is 9.84 Å². The Morgan fingerprint density at radius 1 is 0.750 bits per heavy atom. The Morgan fingerprint density at radius 3 is 1.95 bits per heavy atom. The van der Waals surface area contributed by atoms with E-state index in [1.165, 1.54) is 19.0 Å². The number of thioether (sulfide) groups is 1. The Bertz CT molecular complexity index is 1590. The summed E-state index contributed by atoms with van der Waals surface area (Å²) < 4.78 is 35.0. The average Bonchev–Trinajstić information content (AvgIpc) is 3.67. The lowest BCUT2D eigenvalue weighted by molar-refractivity contribution is -0.145. The third-order valence-electron chi connectivity index (χ3n) is 5.88. The molecule has 0 amide bonds. The standard InChI is InChI=1S/C15H22N4O4S.C13H18N4O2S/c1-11(2)8-23-12(20)6-4-3-5-7-24(21,22)15-13-14(17-9-16-13)18-10-19-15;1-9(2)6-19-10(18)4-3-5-20-13-11-12(15-7-14-11)16-8-17-13/h9-11H,3-8H2,1-2H3,(H,16,17,18,19);7-9H,3-6H2,1-2H3,(H,14,15,16,17). The molecule has 16 heteroatoms. The van der Waals surface area contributed by atoms with Crippen molar-refractivity contribution in [3.63, 3.8) is 0 Å². The van der Waals surface area contributed by atoms with Gasteiger partial charge in [-0.3, -0.25) is 9.59 Å². The number of aromatic nitrogens is 8. The summed E-state index contributed by atoms with van der Waals surface area (Å²) in [6, 6.07) is 0. The van der Waals surface area contributed by atoms with Crippen molar-refractivity contribution in [1.29, 1.82) is 0 Å². The summed E-state index contributed by atoms with van der Waals surface area (Å²) in [6.45, 7) is 8.90. The zero-order valence-electron chi connectivity index (χ0n) is 25.5. The van der Waals surface area contributed by atoms with Crippen molar-refractivity contribution in [2.45, 2.75) is 76.3 Å². The molecule has 0 atom stereocenters. The molecule has 0 aliphatic rings. The molecular formula is C28H40N8O6S2. The molecule has 240 valence electrons. The van der Waals surface area contributed by atoms with Crippen molar-refractivity contribution in [1.82, 2.24) is 39.9 Å². The highest BCUT2D eigenvalue weighted by atomic mass is 32.2. The van der Waals surface area contributed by atoms with Gasteiger partial charge in [-0.1, -0.05) is 34.1 Å². The molecule has 14 nitrogen and oxygen atoms in total. The average molecular weight is 649 g/mol. The van der Waals surface area contributed by atoms with Gasteiger partial charge < -0.3 is 19.4 Å². The van der Waals surface area contributed by atoms with Crippen molar-refractivity contribution < 1.29 is 27.5 Å². The van der Waals surface area contributed by atoms with E-state index in [0.717, 1.165) is 22.7 Å². The van der Waals surface area contributed by atoms with Gasteiger partial charge in [0.1, 0.15) is 28.7 Å². The third-order valence-corrected chi connectivity index (χ3v) is 8.68. The van der Waals surface area contributed by atoms with Gasteiger partial charge >= 0.3 is 11.9 Å². The lowest BCUT2D eigenvalue weighted by Gasteiger charge is -2.07. The first-order valence-corrected chi connectivity index (χ1v) is 17.2. The third kappa shape index (κ3) is 11.4. The fraction of sp³-hybridized carbons (Fsp3) is 0.571. The Balaban J connectivity index is 0.000000244. The van der Waals surface area contributed by atoms with Crippen LogP contribution in [0.4, 0.5) is 0 Å². The van der Waals surface area contributed by atoms with Crippen LogP contribution in [0.25, 0.3) is 22.3 Å². The minimum Gasteiger partial charge on any atom is -0.465 e. The first kappa shape index (κ1) is 34.8. The zero-order valence-corrected chi connectivity index (χ0v) is 27.1. The minimum atomic E-state index is -3.52. The van der Waals surface area contributed by atoms with Crippen LogP contribution in [0.2, 0.25) is 0 Å². The van der Waals surface area contributed by atoms with E-state index in [9.17, 15) is 18.0 Å². The lowest BCUT2D eigenvalue weighted by atomic mass is 10.2. The number of esters is 2. The molecule has 4 aromatic rings. The van der Waals surface area contributed by atoms with Crippen LogP contribution in [-0.4, -0.2) is 84.9 Å². The summed E-state index contributed by atoms with van der Waals surface area (Å²) >= 11 is 1.59. The topological polar surface area (TPSA) is 196 Å². The van der Waals surface area contributed by atoms with Gasteiger partial charge in [-0.2, -0.15) is 0 Å². The number of carbonyl (C=O) groups excluding carboxylic acids is 2. The summed E-state index contributed by atoms with van der Waals surface area (Å²) in [5, 5.41) is 0.837. The Kier molecular flexibility index (Phi) is 13.9. The monoisotopic (exact) mass is 648 g/mol. The van der Waals surface area contributed by atoms with Gasteiger partial charge in [-0.25, -0.2) is 38.3 Å². The van der Waals surface area contributed by atoms with Crippen LogP contribution in [0.5, 0.6) is 0 Å². The Hall–Kier alpha value is -3.66. The summed E-state index contributed by atoms with van der Waals surface area (Å²) in [4.78, 5) is 52.8. The van der Waals surface area contributed by atoms with E-state index in [-0.39, 0.29) is 22.7 Å². The van der Waals surface area contributed by atoms with Gasteiger partial charge in [0, 0.05) is 18.6 Å². The Morgan fingerprint density at radius 2 is 1.32 bits per heavy atom. The molecule has 0 aliphatic carbocycles. The van der Waals surface area contributed by atoms with Gasteiger partial charge in [-0.15, -0.1) is 11.8 Å². The molecule has 0 fully saturated rings. The molecule has 0 spiro atoms. The molecule has 0 bridgehead atoms. The number of nitrogens with one attached hydrogen (secondary N) is 2. The molecule has 0 saturated carbocycles. The fourth-order valence-corrected chi connectivity index (χ4v) is 6.06. The maximum Gasteiger partial charge on any atom is 0.305 e. The number of hydrogen-bond donors (Lipinski definition) is 2. The van der Waals surface area contributed by atoms with Crippen molar-refractivity contribution in [2.24, 2.45) is 11.8 Å². The van der Waals surface area contributed by atoms with E-state index >= 15 is 0 Å². The number of aromatic amines is 2. The molecule has 4 rings (SSSR count). The molecular weight excluding hydrogens is 608 g/mol. The molecule has 2 N–H and O–H groups in total. The number of fused-ring (bicyclic) bond motifs is 2. The first-order chi connectivity index (χ1) is 21.1. The molecule has 0 saturated heterocycles. The molecule has 4 heterocycles. The summed E-state index contributed by atoms with van der Waals surface area (Å²) in [7, 11) is -3.52. The summed E-state index contributed by atoms with van der Waals surface area (Å²) in [6.07, 6.45) is 8.91. The molecule has 44 heavy (non-hydrogen) atoms. The largest absolute Gasteiger partial charge is 0.465 e. The normalized spacial score (nSPS) is 11.6. The smallest absolute Gasteiger partial charge is 0.305 e. The quantitative estimate of drug-likeness (QED) is 0.0755. The van der Waals surface area contributed by atoms with Gasteiger partial charge in [0.25, 0.3) is 0 Å². The number of imidazole rings is 2. The van der Waals surface area contributed by atoms with E-state index in [0.29, 0.717) is 74.0 Å². The molecule has 0 unspecified atom stereocenters. The number of hydrogen-bond acceptors (Lipinski definition) is 13. The second-order valence-electron chi connectivity index (χ2n) is 10.8. The predicted molar refractivity (Wildman–Crippen MR) is 165 cm³/mol. The number of H-pyrrole nitrogens is 2. The van der Waals surface area contributed by atoms with E-state index in [4.69, 9.17) is 9.47 Å². The van der Waals surface area contributed by atoms with Crippen LogP contribution in [0.15, 0.2) is 35.4 Å². The van der Waals surface area contributed by atoms with Crippen LogP contribution >= 0.6 is 11.8 Å². The van der Waals surface area contributed by atoms with E-state index in [1.807, 2.05) is 27.7 Å². The summed E-state index contributed by atoms with van der Waals surface area (Å²) in [5.74, 6) is 1.10. The number of sulfone groups is 1. The highest BCUT2D eigenvalue weighted by Gasteiger charge is 2.21. The Labute approximate surface area is 260 Å². The van der Waals surface area contributed by atoms with E-state index in [2.05, 4.69) is 39.9 Å².